The molecule has 1 heterocycles. The molecule has 128 valence electrons. The highest BCUT2D eigenvalue weighted by Crippen LogP contribution is 2.24. The van der Waals surface area contributed by atoms with Crippen LogP contribution in [0.3, 0.4) is 0 Å². The number of nitrogens with one attached hydrogen (secondary N) is 1. The average molecular weight is 320 g/mol. The highest BCUT2D eigenvalue weighted by molar-refractivity contribution is 5.49. The summed E-state index contributed by atoms with van der Waals surface area (Å²) in [7, 11) is 0. The van der Waals surface area contributed by atoms with Crippen molar-refractivity contribution >= 4 is 12.5 Å². The lowest BCUT2D eigenvalue weighted by molar-refractivity contribution is 0.276. The normalized spacial score (nSPS) is 12.8. The van der Waals surface area contributed by atoms with Gasteiger partial charge in [-0.3, -0.25) is 4.99 Å². The molecule has 1 unspecified atom stereocenters. The van der Waals surface area contributed by atoms with E-state index in [4.69, 9.17) is 4.74 Å². The number of hydrogen-bond donors (Lipinski definition) is 2. The number of rotatable bonds is 11. The van der Waals surface area contributed by atoms with Crippen LogP contribution in [-0.2, 0) is 0 Å². The summed E-state index contributed by atoms with van der Waals surface area (Å²) in [6.45, 7) is 10.0. The minimum absolute atomic E-state index is 0.141. The largest absolute Gasteiger partial charge is 0.482 e. The third-order valence-electron chi connectivity index (χ3n) is 3.35. The minimum atomic E-state index is 0.141. The van der Waals surface area contributed by atoms with Crippen molar-refractivity contribution in [3.05, 3.63) is 23.8 Å². The van der Waals surface area contributed by atoms with Gasteiger partial charge in [-0.2, -0.15) is 0 Å². The average Bonchev–Trinajstić information content (AvgIpc) is 2.53. The fraction of sp³-hybridized carbons (Fsp3) is 0.588. The van der Waals surface area contributed by atoms with Crippen LogP contribution in [-0.4, -0.2) is 41.0 Å². The molecule has 0 aliphatic carbocycles. The molecule has 0 bridgehead atoms. The highest BCUT2D eigenvalue weighted by atomic mass is 16.5. The van der Waals surface area contributed by atoms with Crippen LogP contribution in [0.15, 0.2) is 23.0 Å². The molecule has 0 aliphatic rings. The van der Waals surface area contributed by atoms with Crippen LogP contribution in [0.2, 0.25) is 0 Å². The van der Waals surface area contributed by atoms with Gasteiger partial charge < -0.3 is 15.2 Å². The predicted molar refractivity (Wildman–Crippen MR) is 94.2 cm³/mol. The Kier molecular flexibility index (Phi) is 8.90. The number of aliphatic imine (C=N–C) groups is 1. The van der Waals surface area contributed by atoms with Gasteiger partial charge in [-0.25, -0.2) is 9.97 Å². The number of anilines is 1. The van der Waals surface area contributed by atoms with Crippen molar-refractivity contribution < 1.29 is 9.84 Å². The summed E-state index contributed by atoms with van der Waals surface area (Å²) in [5, 5.41) is 12.6. The standard InChI is InChI=1S/C17H28N4O2/c1-5-7-14(9-10-22)21-17-16(11-19-13(3)20-17)23-12-15(18-4)8-6-2/h8,11,14,22H,4-7,9-10,12H2,1-3H3,(H,19,20,21)/b15-8-. The number of allylic oxidation sites excluding steroid dienone is 1. The van der Waals surface area contributed by atoms with E-state index in [-0.39, 0.29) is 12.6 Å². The Balaban J connectivity index is 2.87. The third-order valence-corrected chi connectivity index (χ3v) is 3.35. The summed E-state index contributed by atoms with van der Waals surface area (Å²) < 4.78 is 5.80. The summed E-state index contributed by atoms with van der Waals surface area (Å²) in [4.78, 5) is 12.6. The second-order valence-electron chi connectivity index (χ2n) is 5.32. The summed E-state index contributed by atoms with van der Waals surface area (Å²) in [5.74, 6) is 1.91. The second-order valence-corrected chi connectivity index (χ2v) is 5.32. The van der Waals surface area contributed by atoms with Crippen LogP contribution in [0.25, 0.3) is 0 Å². The molecule has 23 heavy (non-hydrogen) atoms. The number of aromatic nitrogens is 2. The van der Waals surface area contributed by atoms with E-state index in [2.05, 4.69) is 33.9 Å². The number of aryl methyl sites for hydroxylation is 1. The minimum Gasteiger partial charge on any atom is -0.482 e. The van der Waals surface area contributed by atoms with E-state index >= 15 is 0 Å². The Morgan fingerprint density at radius 3 is 2.87 bits per heavy atom. The van der Waals surface area contributed by atoms with Crippen molar-refractivity contribution in [2.24, 2.45) is 4.99 Å². The van der Waals surface area contributed by atoms with Crippen LogP contribution in [0, 0.1) is 6.92 Å². The topological polar surface area (TPSA) is 79.6 Å². The van der Waals surface area contributed by atoms with Crippen LogP contribution in [0.5, 0.6) is 5.75 Å². The fourth-order valence-corrected chi connectivity index (χ4v) is 2.21. The lowest BCUT2D eigenvalue weighted by Gasteiger charge is -2.20. The van der Waals surface area contributed by atoms with E-state index in [1.165, 1.54) is 0 Å². The van der Waals surface area contributed by atoms with Gasteiger partial charge >= 0.3 is 0 Å². The molecule has 6 nitrogen and oxygen atoms in total. The molecule has 0 spiro atoms. The maximum atomic E-state index is 9.20. The first-order chi connectivity index (χ1) is 11.1. The van der Waals surface area contributed by atoms with E-state index in [0.29, 0.717) is 30.4 Å². The molecule has 0 aromatic carbocycles. The number of aliphatic hydroxyl groups excluding tert-OH is 1. The fourth-order valence-electron chi connectivity index (χ4n) is 2.21. The van der Waals surface area contributed by atoms with Crippen molar-refractivity contribution in [2.45, 2.75) is 52.5 Å². The first kappa shape index (κ1) is 19.1. The summed E-state index contributed by atoms with van der Waals surface area (Å²) in [6, 6.07) is 0.157. The van der Waals surface area contributed by atoms with Crippen molar-refractivity contribution in [3.8, 4) is 5.75 Å². The quantitative estimate of drug-likeness (QED) is 0.612. The Labute approximate surface area is 138 Å². The maximum Gasteiger partial charge on any atom is 0.180 e. The van der Waals surface area contributed by atoms with E-state index in [0.717, 1.165) is 25.0 Å². The van der Waals surface area contributed by atoms with Gasteiger partial charge in [0.2, 0.25) is 0 Å². The first-order valence-electron chi connectivity index (χ1n) is 8.14. The Morgan fingerprint density at radius 2 is 2.26 bits per heavy atom. The third kappa shape index (κ3) is 6.78. The van der Waals surface area contributed by atoms with Crippen molar-refractivity contribution in [1.82, 2.24) is 9.97 Å². The van der Waals surface area contributed by atoms with Crippen LogP contribution >= 0.6 is 0 Å². The van der Waals surface area contributed by atoms with Crippen molar-refractivity contribution in [2.75, 3.05) is 18.5 Å². The van der Waals surface area contributed by atoms with E-state index in [9.17, 15) is 5.11 Å². The molecule has 1 aromatic rings. The van der Waals surface area contributed by atoms with Crippen molar-refractivity contribution in [1.29, 1.82) is 0 Å². The molecule has 0 aliphatic heterocycles. The SMILES string of the molecule is C=N/C(=C\CC)COc1cnc(C)nc1NC(CCC)CCO. The molecule has 1 atom stereocenters. The molecule has 1 rings (SSSR count). The molecule has 1 aromatic heterocycles. The highest BCUT2D eigenvalue weighted by Gasteiger charge is 2.13. The maximum absolute atomic E-state index is 9.20. The summed E-state index contributed by atoms with van der Waals surface area (Å²) >= 11 is 0. The second kappa shape index (κ2) is 10.7. The molecule has 0 saturated heterocycles. The zero-order chi connectivity index (χ0) is 17.1. The number of hydrogen-bond acceptors (Lipinski definition) is 6. The molecule has 6 heteroatoms. The van der Waals surface area contributed by atoms with Gasteiger partial charge in [-0.15, -0.1) is 0 Å². The number of aliphatic hydroxyl groups is 1. The Hall–Kier alpha value is -1.95. The van der Waals surface area contributed by atoms with Gasteiger partial charge in [0.15, 0.2) is 11.6 Å². The number of nitrogens with zero attached hydrogens (tertiary/aromatic N) is 3. The van der Waals surface area contributed by atoms with E-state index in [1.807, 2.05) is 19.9 Å². The zero-order valence-corrected chi connectivity index (χ0v) is 14.4. The molecular weight excluding hydrogens is 292 g/mol. The molecule has 0 fully saturated rings. The van der Waals surface area contributed by atoms with Crippen LogP contribution in [0.4, 0.5) is 5.82 Å². The predicted octanol–water partition coefficient (Wildman–Crippen LogP) is 3.12. The monoisotopic (exact) mass is 320 g/mol. The molecule has 0 saturated carbocycles. The van der Waals surface area contributed by atoms with Gasteiger partial charge in [0.05, 0.1) is 11.9 Å². The first-order valence-corrected chi connectivity index (χ1v) is 8.14. The Bertz CT molecular complexity index is 511. The molecule has 2 N–H and O–H groups in total. The molecule has 0 amide bonds. The van der Waals surface area contributed by atoms with Crippen LogP contribution in [0.1, 0.15) is 45.4 Å². The zero-order valence-electron chi connectivity index (χ0n) is 14.4. The lowest BCUT2D eigenvalue weighted by Crippen LogP contribution is -2.22. The Morgan fingerprint density at radius 1 is 1.48 bits per heavy atom. The van der Waals surface area contributed by atoms with E-state index < -0.39 is 0 Å². The van der Waals surface area contributed by atoms with Gasteiger partial charge in [-0.05, 0) is 32.9 Å². The molecular formula is C17H28N4O2. The van der Waals surface area contributed by atoms with Crippen molar-refractivity contribution in [3.63, 3.8) is 0 Å². The number of ether oxygens (including phenoxy) is 1. The molecule has 0 radical (unpaired) electrons. The van der Waals surface area contributed by atoms with E-state index in [1.54, 1.807) is 6.20 Å². The van der Waals surface area contributed by atoms with Crippen LogP contribution < -0.4 is 10.1 Å². The smallest absolute Gasteiger partial charge is 0.180 e. The van der Waals surface area contributed by atoms with Gasteiger partial charge in [0.1, 0.15) is 12.4 Å². The summed E-state index contributed by atoms with van der Waals surface area (Å²) in [6.07, 6.45) is 7.17. The van der Waals surface area contributed by atoms with Gasteiger partial charge in [-0.1, -0.05) is 26.3 Å². The van der Waals surface area contributed by atoms with Gasteiger partial charge in [0, 0.05) is 12.6 Å². The van der Waals surface area contributed by atoms with Gasteiger partial charge in [0.25, 0.3) is 0 Å². The lowest BCUT2D eigenvalue weighted by atomic mass is 10.1. The summed E-state index contributed by atoms with van der Waals surface area (Å²) in [5.41, 5.74) is 0.791.